The Morgan fingerprint density at radius 3 is 2.43 bits per heavy atom. The van der Waals surface area contributed by atoms with Gasteiger partial charge in [0, 0.05) is 5.33 Å². The molecule has 1 nitrogen and oxygen atoms in total. The van der Waals surface area contributed by atoms with E-state index in [1.807, 2.05) is 0 Å². The first-order valence-corrected chi connectivity index (χ1v) is 3.88. The topological polar surface area (TPSA) is 4.36 Å². The second kappa shape index (κ2) is 4.61. The monoisotopic (exact) mass is 225 g/mol. The quantitative estimate of drug-likeness (QED) is 0.502. The Hall–Kier alpha value is 0.450. The molecule has 0 saturated carbocycles. The maximum Gasteiger partial charge on any atom is 0.227 e. The van der Waals surface area contributed by atoms with Crippen molar-refractivity contribution in [2.75, 3.05) is 11.9 Å². The number of halogens is 2. The SMILES string of the molecule is [C-]#[N+]CC(Br)CBr. The van der Waals surface area contributed by atoms with Crippen molar-refractivity contribution in [2.24, 2.45) is 0 Å². The zero-order chi connectivity index (χ0) is 5.70. The lowest BCUT2D eigenvalue weighted by molar-refractivity contribution is 1.10. The average molecular weight is 227 g/mol. The highest BCUT2D eigenvalue weighted by molar-refractivity contribution is 9.12. The van der Waals surface area contributed by atoms with E-state index in [0.29, 0.717) is 11.4 Å². The fourth-order valence-electron chi connectivity index (χ4n) is 0.148. The van der Waals surface area contributed by atoms with E-state index in [4.69, 9.17) is 6.57 Å². The normalized spacial score (nSPS) is 12.7. The minimum atomic E-state index is 0.324. The molecule has 0 aromatic heterocycles. The van der Waals surface area contributed by atoms with Gasteiger partial charge in [0.25, 0.3) is 0 Å². The van der Waals surface area contributed by atoms with Crippen molar-refractivity contribution in [2.45, 2.75) is 4.83 Å². The van der Waals surface area contributed by atoms with Gasteiger partial charge in [-0.1, -0.05) is 31.9 Å². The maximum absolute atomic E-state index is 6.41. The van der Waals surface area contributed by atoms with Crippen LogP contribution in [-0.2, 0) is 0 Å². The molecule has 0 aromatic carbocycles. The summed E-state index contributed by atoms with van der Waals surface area (Å²) in [5.74, 6) is 0. The van der Waals surface area contributed by atoms with Crippen molar-refractivity contribution in [3.05, 3.63) is 11.4 Å². The van der Waals surface area contributed by atoms with Crippen LogP contribution in [0.3, 0.4) is 0 Å². The number of nitrogens with zero attached hydrogens (tertiary/aromatic N) is 1. The van der Waals surface area contributed by atoms with Gasteiger partial charge in [0.2, 0.25) is 6.54 Å². The van der Waals surface area contributed by atoms with Crippen LogP contribution in [0.15, 0.2) is 0 Å². The third-order valence-corrected chi connectivity index (χ3v) is 2.72. The van der Waals surface area contributed by atoms with E-state index in [1.54, 1.807) is 0 Å². The lowest BCUT2D eigenvalue weighted by atomic mass is 10.5. The molecule has 7 heavy (non-hydrogen) atoms. The van der Waals surface area contributed by atoms with E-state index in [-0.39, 0.29) is 0 Å². The van der Waals surface area contributed by atoms with Gasteiger partial charge in [0.15, 0.2) is 0 Å². The van der Waals surface area contributed by atoms with Crippen molar-refractivity contribution in [1.82, 2.24) is 0 Å². The second-order valence-corrected chi connectivity index (χ2v) is 3.03. The first-order valence-electron chi connectivity index (χ1n) is 1.84. The van der Waals surface area contributed by atoms with Gasteiger partial charge in [-0.2, -0.15) is 0 Å². The lowest BCUT2D eigenvalue weighted by Gasteiger charge is -1.90. The van der Waals surface area contributed by atoms with Crippen LogP contribution in [0, 0.1) is 6.57 Å². The fraction of sp³-hybridized carbons (Fsp3) is 0.750. The summed E-state index contributed by atoms with van der Waals surface area (Å²) < 4.78 is 0. The van der Waals surface area contributed by atoms with Gasteiger partial charge in [-0.05, 0) is 0 Å². The lowest BCUT2D eigenvalue weighted by Crippen LogP contribution is -2.00. The Labute approximate surface area is 60.2 Å². The number of alkyl halides is 2. The molecule has 0 fully saturated rings. The largest absolute Gasteiger partial charge is 0.316 e. The van der Waals surface area contributed by atoms with Crippen molar-refractivity contribution in [3.8, 4) is 0 Å². The molecule has 0 amide bonds. The van der Waals surface area contributed by atoms with E-state index in [9.17, 15) is 0 Å². The third kappa shape index (κ3) is 4.30. The maximum atomic E-state index is 6.41. The first kappa shape index (κ1) is 7.45. The highest BCUT2D eigenvalue weighted by Crippen LogP contribution is 2.02. The van der Waals surface area contributed by atoms with Gasteiger partial charge in [-0.25, -0.2) is 6.57 Å². The summed E-state index contributed by atoms with van der Waals surface area (Å²) in [6.07, 6.45) is 0. The molecule has 1 atom stereocenters. The van der Waals surface area contributed by atoms with E-state index < -0.39 is 0 Å². The Kier molecular flexibility index (Phi) is 4.90. The van der Waals surface area contributed by atoms with E-state index in [0.717, 1.165) is 5.33 Å². The molecule has 0 bridgehead atoms. The predicted molar refractivity (Wildman–Crippen MR) is 38.0 cm³/mol. The highest BCUT2D eigenvalue weighted by Gasteiger charge is 2.01. The molecule has 3 heteroatoms. The van der Waals surface area contributed by atoms with Crippen LogP contribution < -0.4 is 0 Å². The molecule has 40 valence electrons. The molecule has 0 saturated heterocycles. The van der Waals surface area contributed by atoms with Gasteiger partial charge < -0.3 is 4.85 Å². The van der Waals surface area contributed by atoms with Gasteiger partial charge in [-0.3, -0.25) is 0 Å². The smallest absolute Gasteiger partial charge is 0.227 e. The zero-order valence-corrected chi connectivity index (χ0v) is 6.87. The Bertz CT molecular complexity index is 76.2. The summed E-state index contributed by atoms with van der Waals surface area (Å²) in [5.41, 5.74) is 0. The molecule has 0 rings (SSSR count). The first-order chi connectivity index (χ1) is 3.31. The Morgan fingerprint density at radius 1 is 1.71 bits per heavy atom. The molecule has 0 aromatic rings. The molecule has 0 radical (unpaired) electrons. The van der Waals surface area contributed by atoms with Gasteiger partial charge in [-0.15, -0.1) is 0 Å². The zero-order valence-electron chi connectivity index (χ0n) is 3.69. The Balaban J connectivity index is 3.03. The van der Waals surface area contributed by atoms with Crippen LogP contribution in [0.4, 0.5) is 0 Å². The summed E-state index contributed by atoms with van der Waals surface area (Å²) in [6.45, 7) is 6.97. The van der Waals surface area contributed by atoms with Crippen LogP contribution >= 0.6 is 31.9 Å². The van der Waals surface area contributed by atoms with Gasteiger partial charge >= 0.3 is 0 Å². The van der Waals surface area contributed by atoms with Crippen molar-refractivity contribution in [3.63, 3.8) is 0 Å². The standard InChI is InChI=1S/C4H5Br2N/c1-7-3-4(6)2-5/h4H,2-3H2. The second-order valence-electron chi connectivity index (χ2n) is 1.09. The van der Waals surface area contributed by atoms with Crippen molar-refractivity contribution >= 4 is 31.9 Å². The molecule has 0 aliphatic heterocycles. The van der Waals surface area contributed by atoms with E-state index in [1.165, 1.54) is 0 Å². The molecule has 0 aliphatic rings. The van der Waals surface area contributed by atoms with Crippen molar-refractivity contribution < 1.29 is 0 Å². The van der Waals surface area contributed by atoms with Crippen LogP contribution in [-0.4, -0.2) is 16.7 Å². The van der Waals surface area contributed by atoms with Gasteiger partial charge in [0.1, 0.15) is 0 Å². The van der Waals surface area contributed by atoms with Crippen LogP contribution in [0.1, 0.15) is 0 Å². The third-order valence-electron chi connectivity index (χ3n) is 0.457. The van der Waals surface area contributed by atoms with E-state index in [2.05, 4.69) is 36.7 Å². The number of hydrogen-bond acceptors (Lipinski definition) is 0. The Morgan fingerprint density at radius 2 is 2.29 bits per heavy atom. The molecule has 0 N–H and O–H groups in total. The molecule has 0 spiro atoms. The molecular formula is C4H5Br2N. The minimum Gasteiger partial charge on any atom is -0.316 e. The summed E-state index contributed by atoms with van der Waals surface area (Å²) in [4.78, 5) is 3.50. The van der Waals surface area contributed by atoms with E-state index >= 15 is 0 Å². The molecule has 0 heterocycles. The molecule has 0 aliphatic carbocycles. The average Bonchev–Trinajstić information content (AvgIpc) is 1.68. The summed E-state index contributed by atoms with van der Waals surface area (Å²) in [7, 11) is 0. The number of rotatable bonds is 2. The summed E-state index contributed by atoms with van der Waals surface area (Å²) in [5, 5.41) is 0.857. The molecule has 1 unspecified atom stereocenters. The minimum absolute atomic E-state index is 0.324. The number of hydrogen-bond donors (Lipinski definition) is 0. The molecular weight excluding hydrogens is 222 g/mol. The summed E-state index contributed by atoms with van der Waals surface area (Å²) in [6, 6.07) is 0. The van der Waals surface area contributed by atoms with Crippen molar-refractivity contribution in [1.29, 1.82) is 0 Å². The summed E-state index contributed by atoms with van der Waals surface area (Å²) >= 11 is 6.50. The van der Waals surface area contributed by atoms with Crippen LogP contribution in [0.2, 0.25) is 0 Å². The van der Waals surface area contributed by atoms with Crippen LogP contribution in [0.25, 0.3) is 4.85 Å². The fourth-order valence-corrected chi connectivity index (χ4v) is 0.497. The van der Waals surface area contributed by atoms with Crippen LogP contribution in [0.5, 0.6) is 0 Å². The predicted octanol–water partition coefficient (Wildman–Crippen LogP) is 2.06. The highest BCUT2D eigenvalue weighted by atomic mass is 79.9. The van der Waals surface area contributed by atoms with Gasteiger partial charge in [0.05, 0.1) is 4.83 Å².